The normalized spacial score (nSPS) is 10.6. The van der Waals surface area contributed by atoms with Crippen LogP contribution >= 0.6 is 0 Å². The number of carbonyl (C=O) groups excluding carboxylic acids is 2. The van der Waals surface area contributed by atoms with Crippen molar-refractivity contribution in [2.75, 3.05) is 11.5 Å². The van der Waals surface area contributed by atoms with E-state index in [1.54, 1.807) is 24.1 Å². The van der Waals surface area contributed by atoms with Crippen molar-refractivity contribution in [3.05, 3.63) is 66.0 Å². The highest BCUT2D eigenvalue weighted by molar-refractivity contribution is 5.91. The first-order valence-corrected chi connectivity index (χ1v) is 7.73. The van der Waals surface area contributed by atoms with E-state index in [1.165, 1.54) is 13.0 Å². The van der Waals surface area contributed by atoms with E-state index in [2.05, 4.69) is 4.98 Å². The lowest BCUT2D eigenvalue weighted by Gasteiger charge is -2.21. The molecule has 1 amide bonds. The molecule has 124 valence electrons. The van der Waals surface area contributed by atoms with Crippen LogP contribution in [0.3, 0.4) is 0 Å². The van der Waals surface area contributed by atoms with Gasteiger partial charge in [0.1, 0.15) is 0 Å². The Kier molecular flexibility index (Phi) is 6.25. The fourth-order valence-corrected chi connectivity index (χ4v) is 2.16. The van der Waals surface area contributed by atoms with Gasteiger partial charge in [0, 0.05) is 24.9 Å². The molecule has 2 aromatic rings. The van der Waals surface area contributed by atoms with Crippen LogP contribution in [-0.4, -0.2) is 23.5 Å². The molecule has 2 rings (SSSR count). The molecule has 1 aromatic carbocycles. The molecule has 0 fully saturated rings. The molecular weight excluding hydrogens is 304 g/mol. The van der Waals surface area contributed by atoms with Gasteiger partial charge < -0.3 is 9.64 Å². The van der Waals surface area contributed by atoms with Gasteiger partial charge in [-0.1, -0.05) is 18.2 Å². The molecule has 5 heteroatoms. The minimum absolute atomic E-state index is 0.0598. The van der Waals surface area contributed by atoms with E-state index in [1.807, 2.05) is 42.5 Å². The number of rotatable bonds is 6. The maximum absolute atomic E-state index is 11.9. The second kappa shape index (κ2) is 8.62. The molecule has 0 saturated heterocycles. The summed E-state index contributed by atoms with van der Waals surface area (Å²) in [6, 6.07) is 13.0. The number of benzene rings is 1. The van der Waals surface area contributed by atoms with Crippen molar-refractivity contribution in [3.8, 4) is 0 Å². The molecule has 1 aromatic heterocycles. The zero-order valence-corrected chi connectivity index (χ0v) is 13.8. The largest absolute Gasteiger partial charge is 0.463 e. The van der Waals surface area contributed by atoms with Gasteiger partial charge in [0.15, 0.2) is 0 Å². The second-order valence-corrected chi connectivity index (χ2v) is 5.10. The average Bonchev–Trinajstić information content (AvgIpc) is 2.59. The zero-order chi connectivity index (χ0) is 17.4. The van der Waals surface area contributed by atoms with Crippen molar-refractivity contribution in [2.45, 2.75) is 20.4 Å². The molecule has 0 aliphatic rings. The third-order valence-electron chi connectivity index (χ3n) is 3.33. The van der Waals surface area contributed by atoms with E-state index in [4.69, 9.17) is 4.74 Å². The van der Waals surface area contributed by atoms with Crippen molar-refractivity contribution in [2.24, 2.45) is 0 Å². The molecule has 0 saturated carbocycles. The summed E-state index contributed by atoms with van der Waals surface area (Å²) in [4.78, 5) is 29.2. The average molecular weight is 324 g/mol. The van der Waals surface area contributed by atoms with Crippen molar-refractivity contribution >= 4 is 23.6 Å². The molecule has 0 radical (unpaired) electrons. The van der Waals surface area contributed by atoms with E-state index in [0.717, 1.165) is 16.9 Å². The lowest BCUT2D eigenvalue weighted by molar-refractivity contribution is -0.137. The molecule has 0 aliphatic heterocycles. The molecular formula is C19H20N2O3. The van der Waals surface area contributed by atoms with Crippen LogP contribution in [0.2, 0.25) is 0 Å². The maximum Gasteiger partial charge on any atom is 0.330 e. The fourth-order valence-electron chi connectivity index (χ4n) is 2.16. The van der Waals surface area contributed by atoms with Crippen LogP contribution in [0.25, 0.3) is 6.08 Å². The number of ether oxygens (including phenoxy) is 1. The maximum atomic E-state index is 11.9. The first-order valence-electron chi connectivity index (χ1n) is 7.73. The predicted octanol–water partition coefficient (Wildman–Crippen LogP) is 3.21. The molecule has 0 spiro atoms. The molecule has 0 unspecified atom stereocenters. The van der Waals surface area contributed by atoms with Crippen LogP contribution in [0, 0.1) is 0 Å². The standard InChI is InChI=1S/C19H20N2O3/c1-3-24-19(23)12-9-16-7-10-18(11-8-16)21(15(2)22)14-17-6-4-5-13-20-17/h4-13H,3,14H2,1-2H3/b12-9+. The van der Waals surface area contributed by atoms with Gasteiger partial charge in [-0.3, -0.25) is 9.78 Å². The topological polar surface area (TPSA) is 59.5 Å². The Labute approximate surface area is 141 Å². The Morgan fingerprint density at radius 2 is 1.92 bits per heavy atom. The van der Waals surface area contributed by atoms with Gasteiger partial charge in [-0.15, -0.1) is 0 Å². The third-order valence-corrected chi connectivity index (χ3v) is 3.33. The van der Waals surface area contributed by atoms with E-state index in [0.29, 0.717) is 13.2 Å². The predicted molar refractivity (Wildman–Crippen MR) is 93.2 cm³/mol. The molecule has 24 heavy (non-hydrogen) atoms. The van der Waals surface area contributed by atoms with Crippen molar-refractivity contribution in [1.82, 2.24) is 4.98 Å². The summed E-state index contributed by atoms with van der Waals surface area (Å²) in [7, 11) is 0. The minimum Gasteiger partial charge on any atom is -0.463 e. The van der Waals surface area contributed by atoms with E-state index < -0.39 is 0 Å². The fraction of sp³-hybridized carbons (Fsp3) is 0.211. The van der Waals surface area contributed by atoms with Crippen LogP contribution in [0.5, 0.6) is 0 Å². The Morgan fingerprint density at radius 1 is 1.17 bits per heavy atom. The molecule has 1 heterocycles. The van der Waals surface area contributed by atoms with E-state index in [9.17, 15) is 9.59 Å². The van der Waals surface area contributed by atoms with Gasteiger partial charge >= 0.3 is 5.97 Å². The lowest BCUT2D eigenvalue weighted by Crippen LogP contribution is -2.28. The van der Waals surface area contributed by atoms with Crippen LogP contribution < -0.4 is 4.90 Å². The number of nitrogens with zero attached hydrogens (tertiary/aromatic N) is 2. The van der Waals surface area contributed by atoms with Crippen LogP contribution in [-0.2, 0) is 20.9 Å². The Bertz CT molecular complexity index is 709. The highest BCUT2D eigenvalue weighted by atomic mass is 16.5. The van der Waals surface area contributed by atoms with Gasteiger partial charge in [0.25, 0.3) is 0 Å². The molecule has 0 N–H and O–H groups in total. The summed E-state index contributed by atoms with van der Waals surface area (Å²) in [5.41, 5.74) is 2.45. The first kappa shape index (κ1) is 17.4. The summed E-state index contributed by atoms with van der Waals surface area (Å²) < 4.78 is 4.84. The number of amides is 1. The summed E-state index contributed by atoms with van der Waals surface area (Å²) in [5, 5.41) is 0. The third kappa shape index (κ3) is 5.05. The molecule has 0 atom stereocenters. The Morgan fingerprint density at radius 3 is 2.50 bits per heavy atom. The van der Waals surface area contributed by atoms with Gasteiger partial charge in [0.05, 0.1) is 18.8 Å². The first-order chi connectivity index (χ1) is 11.6. The number of pyridine rings is 1. The molecule has 5 nitrogen and oxygen atoms in total. The summed E-state index contributed by atoms with van der Waals surface area (Å²) >= 11 is 0. The number of esters is 1. The summed E-state index contributed by atoms with van der Waals surface area (Å²) in [6.07, 6.45) is 4.77. The van der Waals surface area contributed by atoms with Gasteiger partial charge in [0.2, 0.25) is 5.91 Å². The van der Waals surface area contributed by atoms with Crippen molar-refractivity contribution in [3.63, 3.8) is 0 Å². The monoisotopic (exact) mass is 324 g/mol. The van der Waals surface area contributed by atoms with Gasteiger partial charge in [-0.05, 0) is 42.8 Å². The number of hydrogen-bond donors (Lipinski definition) is 0. The van der Waals surface area contributed by atoms with Gasteiger partial charge in [-0.2, -0.15) is 0 Å². The van der Waals surface area contributed by atoms with Gasteiger partial charge in [-0.25, -0.2) is 4.79 Å². The van der Waals surface area contributed by atoms with E-state index >= 15 is 0 Å². The Hall–Kier alpha value is -2.95. The summed E-state index contributed by atoms with van der Waals surface area (Å²) in [6.45, 7) is 4.05. The second-order valence-electron chi connectivity index (χ2n) is 5.10. The van der Waals surface area contributed by atoms with Crippen LogP contribution in [0.15, 0.2) is 54.7 Å². The highest BCUT2D eigenvalue weighted by Gasteiger charge is 2.12. The van der Waals surface area contributed by atoms with Crippen molar-refractivity contribution in [1.29, 1.82) is 0 Å². The number of hydrogen-bond acceptors (Lipinski definition) is 4. The number of anilines is 1. The van der Waals surface area contributed by atoms with Crippen LogP contribution in [0.4, 0.5) is 5.69 Å². The number of carbonyl (C=O) groups is 2. The highest BCUT2D eigenvalue weighted by Crippen LogP contribution is 2.18. The number of aromatic nitrogens is 1. The lowest BCUT2D eigenvalue weighted by atomic mass is 10.1. The molecule has 0 bridgehead atoms. The van der Waals surface area contributed by atoms with E-state index in [-0.39, 0.29) is 11.9 Å². The van der Waals surface area contributed by atoms with Crippen molar-refractivity contribution < 1.29 is 14.3 Å². The van der Waals surface area contributed by atoms with Crippen LogP contribution in [0.1, 0.15) is 25.1 Å². The summed E-state index contributed by atoms with van der Waals surface area (Å²) in [5.74, 6) is -0.433. The zero-order valence-electron chi connectivity index (χ0n) is 13.8. The Balaban J connectivity index is 2.11. The smallest absolute Gasteiger partial charge is 0.330 e. The molecule has 0 aliphatic carbocycles. The minimum atomic E-state index is -0.373. The SMILES string of the molecule is CCOC(=O)/C=C/c1ccc(N(Cc2ccccn2)C(C)=O)cc1. The quantitative estimate of drug-likeness (QED) is 0.605.